The number of morpholine rings is 1. The number of likely N-dealkylation sites (tertiary alicyclic amines) is 1. The summed E-state index contributed by atoms with van der Waals surface area (Å²) >= 11 is 0. The zero-order chi connectivity index (χ0) is 23.5. The highest BCUT2D eigenvalue weighted by atomic mass is 16.6. The van der Waals surface area contributed by atoms with Crippen LogP contribution in [-0.4, -0.2) is 84.9 Å². The van der Waals surface area contributed by atoms with E-state index in [1.54, 1.807) is 47.6 Å². The first-order valence-corrected chi connectivity index (χ1v) is 11.6. The standard InChI is InChI=1S/C25H27N3O6/c29-23(18-2-3-19-20(16-18)34-15-14-33-19)21-22(17-4-6-26-7-5-17)28(25(31)24(21)30)9-1-8-27-10-12-32-13-11-27/h2-7,16,21-22H,1,8-15H2. The monoisotopic (exact) mass is 465 g/mol. The second kappa shape index (κ2) is 9.90. The summed E-state index contributed by atoms with van der Waals surface area (Å²) in [5.74, 6) is -1.77. The minimum atomic E-state index is -1.12. The molecule has 34 heavy (non-hydrogen) atoms. The Balaban J connectivity index is 1.40. The first kappa shape index (κ1) is 22.5. The lowest BCUT2D eigenvalue weighted by Gasteiger charge is -2.30. The Morgan fingerprint density at radius 1 is 0.941 bits per heavy atom. The quantitative estimate of drug-likeness (QED) is 0.345. The molecule has 2 fully saturated rings. The molecule has 0 bridgehead atoms. The molecule has 3 aliphatic rings. The van der Waals surface area contributed by atoms with Gasteiger partial charge in [0.15, 0.2) is 17.3 Å². The third kappa shape index (κ3) is 4.41. The number of benzene rings is 1. The number of aromatic nitrogens is 1. The molecule has 0 aliphatic carbocycles. The van der Waals surface area contributed by atoms with Gasteiger partial charge in [0.2, 0.25) is 5.78 Å². The van der Waals surface area contributed by atoms with E-state index >= 15 is 0 Å². The van der Waals surface area contributed by atoms with Gasteiger partial charge in [-0.2, -0.15) is 0 Å². The third-order valence-corrected chi connectivity index (χ3v) is 6.54. The smallest absolute Gasteiger partial charge is 0.291 e. The van der Waals surface area contributed by atoms with Gasteiger partial charge in [-0.25, -0.2) is 0 Å². The SMILES string of the molecule is O=C1C(=O)N(CCCN2CCOCC2)C(c2ccncc2)C1C(=O)c1ccc2c(c1)OCCO2. The van der Waals surface area contributed by atoms with Crippen LogP contribution in [0.1, 0.15) is 28.4 Å². The predicted molar refractivity (Wildman–Crippen MR) is 121 cm³/mol. The highest BCUT2D eigenvalue weighted by molar-refractivity contribution is 6.44. The van der Waals surface area contributed by atoms with Crippen molar-refractivity contribution in [2.45, 2.75) is 12.5 Å². The van der Waals surface area contributed by atoms with Crippen LogP contribution >= 0.6 is 0 Å². The van der Waals surface area contributed by atoms with E-state index in [1.165, 1.54) is 0 Å². The number of fused-ring (bicyclic) bond motifs is 1. The molecule has 3 aliphatic heterocycles. The molecule has 2 aromatic rings. The average Bonchev–Trinajstić information content (AvgIpc) is 3.14. The molecular weight excluding hydrogens is 438 g/mol. The molecule has 2 saturated heterocycles. The average molecular weight is 466 g/mol. The summed E-state index contributed by atoms with van der Waals surface area (Å²) < 4.78 is 16.5. The number of rotatable bonds is 7. The summed E-state index contributed by atoms with van der Waals surface area (Å²) in [6.07, 6.45) is 3.92. The van der Waals surface area contributed by atoms with Crippen LogP contribution in [0.25, 0.3) is 0 Å². The zero-order valence-electron chi connectivity index (χ0n) is 18.9. The summed E-state index contributed by atoms with van der Waals surface area (Å²) in [6, 6.07) is 7.74. The van der Waals surface area contributed by atoms with E-state index in [1.807, 2.05) is 0 Å². The summed E-state index contributed by atoms with van der Waals surface area (Å²) in [5.41, 5.74) is 1.04. The van der Waals surface area contributed by atoms with Crippen molar-refractivity contribution < 1.29 is 28.6 Å². The van der Waals surface area contributed by atoms with Crippen LogP contribution in [0.2, 0.25) is 0 Å². The van der Waals surface area contributed by atoms with E-state index in [0.717, 1.165) is 25.2 Å². The first-order chi connectivity index (χ1) is 16.6. The number of ether oxygens (including phenoxy) is 3. The molecule has 1 aromatic carbocycles. The Bertz CT molecular complexity index is 1070. The van der Waals surface area contributed by atoms with Crippen molar-refractivity contribution in [3.05, 3.63) is 53.9 Å². The fourth-order valence-corrected chi connectivity index (χ4v) is 4.83. The summed E-state index contributed by atoms with van der Waals surface area (Å²) in [6.45, 7) is 5.13. The Hall–Kier alpha value is -3.30. The third-order valence-electron chi connectivity index (χ3n) is 6.54. The number of ketones is 2. The maximum atomic E-state index is 13.6. The first-order valence-electron chi connectivity index (χ1n) is 11.6. The maximum absolute atomic E-state index is 13.6. The molecule has 9 heteroatoms. The molecule has 2 atom stereocenters. The van der Waals surface area contributed by atoms with E-state index in [9.17, 15) is 14.4 Å². The fourth-order valence-electron chi connectivity index (χ4n) is 4.83. The van der Waals surface area contributed by atoms with Crippen molar-refractivity contribution in [2.75, 3.05) is 52.6 Å². The number of carbonyl (C=O) groups excluding carboxylic acids is 3. The van der Waals surface area contributed by atoms with Crippen LogP contribution in [0.4, 0.5) is 0 Å². The van der Waals surface area contributed by atoms with Gasteiger partial charge in [-0.15, -0.1) is 0 Å². The normalized spacial score (nSPS) is 22.8. The summed E-state index contributed by atoms with van der Waals surface area (Å²) in [7, 11) is 0. The van der Waals surface area contributed by atoms with Gasteiger partial charge >= 0.3 is 0 Å². The minimum Gasteiger partial charge on any atom is -0.486 e. The molecule has 0 radical (unpaired) electrons. The second-order valence-electron chi connectivity index (χ2n) is 8.60. The lowest BCUT2D eigenvalue weighted by molar-refractivity contribution is -0.140. The van der Waals surface area contributed by atoms with Gasteiger partial charge < -0.3 is 19.1 Å². The number of hydrogen-bond donors (Lipinski definition) is 0. The molecule has 0 N–H and O–H groups in total. The largest absolute Gasteiger partial charge is 0.486 e. The lowest BCUT2D eigenvalue weighted by Crippen LogP contribution is -2.39. The van der Waals surface area contributed by atoms with Crippen molar-refractivity contribution in [3.63, 3.8) is 0 Å². The highest BCUT2D eigenvalue weighted by Crippen LogP contribution is 2.39. The topological polar surface area (TPSA) is 98.3 Å². The van der Waals surface area contributed by atoms with Crippen LogP contribution in [0.5, 0.6) is 11.5 Å². The molecule has 9 nitrogen and oxygen atoms in total. The van der Waals surface area contributed by atoms with E-state index < -0.39 is 29.4 Å². The van der Waals surface area contributed by atoms with Gasteiger partial charge in [-0.3, -0.25) is 24.3 Å². The molecule has 1 aromatic heterocycles. The van der Waals surface area contributed by atoms with Gasteiger partial charge in [-0.05, 0) is 42.3 Å². The van der Waals surface area contributed by atoms with E-state index in [2.05, 4.69) is 9.88 Å². The predicted octanol–water partition coefficient (Wildman–Crippen LogP) is 1.53. The summed E-state index contributed by atoms with van der Waals surface area (Å²) in [4.78, 5) is 47.7. The molecule has 2 unspecified atom stereocenters. The lowest BCUT2D eigenvalue weighted by atomic mass is 9.86. The molecule has 0 spiro atoms. The van der Waals surface area contributed by atoms with Crippen molar-refractivity contribution in [2.24, 2.45) is 5.92 Å². The van der Waals surface area contributed by atoms with Crippen LogP contribution in [-0.2, 0) is 14.3 Å². The minimum absolute atomic E-state index is 0.324. The molecule has 4 heterocycles. The number of pyridine rings is 1. The van der Waals surface area contributed by atoms with Crippen LogP contribution in [0.15, 0.2) is 42.7 Å². The van der Waals surface area contributed by atoms with Crippen molar-refractivity contribution in [1.82, 2.24) is 14.8 Å². The Labute approximate surface area is 197 Å². The molecule has 1 amide bonds. The van der Waals surface area contributed by atoms with Gasteiger partial charge in [0, 0.05) is 44.1 Å². The van der Waals surface area contributed by atoms with Crippen molar-refractivity contribution >= 4 is 17.5 Å². The molecule has 5 rings (SSSR count). The van der Waals surface area contributed by atoms with Gasteiger partial charge in [0.05, 0.1) is 19.3 Å². The Morgan fingerprint density at radius 3 is 2.44 bits per heavy atom. The van der Waals surface area contributed by atoms with Crippen molar-refractivity contribution in [1.29, 1.82) is 0 Å². The number of Topliss-reactive ketones (excluding diaryl/α,β-unsaturated/α-hetero) is 2. The fraction of sp³-hybridized carbons (Fsp3) is 0.440. The molecular formula is C25H27N3O6. The Kier molecular flexibility index (Phi) is 6.55. The number of nitrogens with zero attached hydrogens (tertiary/aromatic N) is 3. The van der Waals surface area contributed by atoms with Gasteiger partial charge in [-0.1, -0.05) is 0 Å². The van der Waals surface area contributed by atoms with E-state index in [0.29, 0.717) is 56.5 Å². The highest BCUT2D eigenvalue weighted by Gasteiger charge is 2.51. The molecule has 0 saturated carbocycles. The molecule has 178 valence electrons. The second-order valence-corrected chi connectivity index (χ2v) is 8.60. The number of hydrogen-bond acceptors (Lipinski definition) is 8. The number of carbonyl (C=O) groups is 3. The van der Waals surface area contributed by atoms with E-state index in [4.69, 9.17) is 14.2 Å². The maximum Gasteiger partial charge on any atom is 0.291 e. The van der Waals surface area contributed by atoms with Gasteiger partial charge in [0.25, 0.3) is 5.91 Å². The number of amides is 1. The Morgan fingerprint density at radius 2 is 1.68 bits per heavy atom. The van der Waals surface area contributed by atoms with Crippen molar-refractivity contribution in [3.8, 4) is 11.5 Å². The van der Waals surface area contributed by atoms with Gasteiger partial charge in [0.1, 0.15) is 19.1 Å². The summed E-state index contributed by atoms with van der Waals surface area (Å²) in [5, 5.41) is 0. The van der Waals surface area contributed by atoms with Crippen LogP contribution in [0.3, 0.4) is 0 Å². The van der Waals surface area contributed by atoms with Crippen LogP contribution < -0.4 is 9.47 Å². The van der Waals surface area contributed by atoms with Crippen LogP contribution in [0, 0.1) is 5.92 Å². The van der Waals surface area contributed by atoms with E-state index in [-0.39, 0.29) is 0 Å². The zero-order valence-corrected chi connectivity index (χ0v) is 18.9.